The Morgan fingerprint density at radius 1 is 0.643 bits per heavy atom. The van der Waals surface area contributed by atoms with Crippen molar-refractivity contribution in [1.29, 1.82) is 0 Å². The Bertz CT molecular complexity index is 858. The molecule has 0 aromatic heterocycles. The Morgan fingerprint density at radius 2 is 1.07 bits per heavy atom. The van der Waals surface area contributed by atoms with E-state index in [1.807, 2.05) is 17.0 Å². The molecule has 3 rings (SSSR count). The second kappa shape index (κ2) is 9.29. The second-order valence-corrected chi connectivity index (χ2v) is 7.23. The van der Waals surface area contributed by atoms with Crippen molar-refractivity contribution in [2.45, 2.75) is 20.8 Å². The van der Waals surface area contributed by atoms with E-state index >= 15 is 0 Å². The molecule has 3 aromatic rings. The summed E-state index contributed by atoms with van der Waals surface area (Å²) in [5.74, 6) is 0. The minimum absolute atomic E-state index is 0.0457. The second-order valence-electron chi connectivity index (χ2n) is 7.23. The molecule has 2 N–H and O–H groups in total. The van der Waals surface area contributed by atoms with Gasteiger partial charge in [-0.2, -0.15) is 0 Å². The number of hydrogen-bond donors (Lipinski definition) is 2. The van der Waals surface area contributed by atoms with Crippen molar-refractivity contribution in [3.05, 3.63) is 89.5 Å². The van der Waals surface area contributed by atoms with Crippen LogP contribution in [0, 0.1) is 20.8 Å². The maximum absolute atomic E-state index is 9.98. The van der Waals surface area contributed by atoms with Gasteiger partial charge in [-0.15, -0.1) is 0 Å². The molecule has 0 saturated carbocycles. The summed E-state index contributed by atoms with van der Waals surface area (Å²) in [4.78, 5) is 4.17. The average molecular weight is 376 g/mol. The highest BCUT2D eigenvalue weighted by Gasteiger charge is 2.12. The monoisotopic (exact) mass is 375 g/mol. The van der Waals surface area contributed by atoms with E-state index in [2.05, 4.69) is 91.7 Å². The Kier molecular flexibility index (Phi) is 6.56. The number of anilines is 3. The van der Waals surface area contributed by atoms with E-state index in [4.69, 9.17) is 0 Å². The minimum atomic E-state index is -0.0457. The van der Waals surface area contributed by atoms with Crippen molar-refractivity contribution in [1.82, 2.24) is 0 Å². The quantitative estimate of drug-likeness (QED) is 0.549. The summed E-state index contributed by atoms with van der Waals surface area (Å²) < 4.78 is 0. The van der Waals surface area contributed by atoms with E-state index in [9.17, 15) is 5.11 Å². The van der Waals surface area contributed by atoms with E-state index < -0.39 is 0 Å². The summed E-state index contributed by atoms with van der Waals surface area (Å²) in [5, 5.41) is 13.5. The Balaban J connectivity index is 1.79. The van der Waals surface area contributed by atoms with Crippen molar-refractivity contribution in [3.8, 4) is 0 Å². The zero-order valence-corrected chi connectivity index (χ0v) is 16.9. The van der Waals surface area contributed by atoms with Gasteiger partial charge in [0.15, 0.2) is 0 Å². The third-order valence-electron chi connectivity index (χ3n) is 4.84. The zero-order valence-electron chi connectivity index (χ0n) is 16.9. The number of nitrogens with zero attached hydrogens (tertiary/aromatic N) is 2. The first-order valence-corrected chi connectivity index (χ1v) is 9.60. The van der Waals surface area contributed by atoms with Crippen LogP contribution in [0.15, 0.2) is 72.8 Å². The molecular weight excluding hydrogens is 346 g/mol. The molecule has 0 aliphatic carbocycles. The first-order chi connectivity index (χ1) is 13.5. The van der Waals surface area contributed by atoms with E-state index in [0.29, 0.717) is 13.3 Å². The number of nitrogens with one attached hydrogen (secondary N) is 1. The normalized spacial score (nSPS) is 10.6. The van der Waals surface area contributed by atoms with Crippen LogP contribution >= 0.6 is 0 Å². The summed E-state index contributed by atoms with van der Waals surface area (Å²) in [6, 6.07) is 25.1. The van der Waals surface area contributed by atoms with E-state index in [1.165, 1.54) is 16.7 Å². The zero-order chi connectivity index (χ0) is 19.9. The van der Waals surface area contributed by atoms with Crippen molar-refractivity contribution in [3.63, 3.8) is 0 Å². The minimum Gasteiger partial charge on any atom is -0.376 e. The third-order valence-corrected chi connectivity index (χ3v) is 4.84. The SMILES string of the molecule is Cc1ccc(NCN(CN(CO)c2ccc(C)cc2)c2ccc(C)cc2)cc1. The van der Waals surface area contributed by atoms with Gasteiger partial charge in [0.2, 0.25) is 0 Å². The lowest BCUT2D eigenvalue weighted by Crippen LogP contribution is -2.41. The first-order valence-electron chi connectivity index (χ1n) is 9.60. The standard InChI is InChI=1S/C24H29N3O/c1-19-4-10-22(11-5-19)25-16-26(23-12-6-20(2)7-13-23)17-27(18-28)24-14-8-21(3)9-15-24/h4-15,25,28H,16-18H2,1-3H3. The van der Waals surface area contributed by atoms with Crippen molar-refractivity contribution >= 4 is 17.1 Å². The van der Waals surface area contributed by atoms with Crippen LogP contribution < -0.4 is 15.1 Å². The van der Waals surface area contributed by atoms with Crippen LogP contribution in [0.5, 0.6) is 0 Å². The molecule has 0 spiro atoms. The molecule has 0 saturated heterocycles. The molecule has 146 valence electrons. The highest BCUT2D eigenvalue weighted by molar-refractivity contribution is 5.54. The Labute approximate surface area is 168 Å². The number of aliphatic hydroxyl groups is 1. The van der Waals surface area contributed by atoms with Gasteiger partial charge < -0.3 is 20.2 Å². The smallest absolute Gasteiger partial charge is 0.117 e. The van der Waals surface area contributed by atoms with Crippen LogP contribution in [0.25, 0.3) is 0 Å². The van der Waals surface area contributed by atoms with Crippen LogP contribution in [0.2, 0.25) is 0 Å². The lowest BCUT2D eigenvalue weighted by Gasteiger charge is -2.33. The van der Waals surface area contributed by atoms with Crippen LogP contribution in [-0.2, 0) is 0 Å². The van der Waals surface area contributed by atoms with Gasteiger partial charge >= 0.3 is 0 Å². The van der Waals surface area contributed by atoms with Crippen LogP contribution in [0.3, 0.4) is 0 Å². The highest BCUT2D eigenvalue weighted by Crippen LogP contribution is 2.20. The molecule has 0 atom stereocenters. The maximum Gasteiger partial charge on any atom is 0.117 e. The fourth-order valence-electron chi connectivity index (χ4n) is 3.01. The summed E-state index contributed by atoms with van der Waals surface area (Å²) in [6.45, 7) is 7.40. The van der Waals surface area contributed by atoms with E-state index in [0.717, 1.165) is 17.1 Å². The van der Waals surface area contributed by atoms with Gasteiger partial charge in [0.1, 0.15) is 6.73 Å². The van der Waals surface area contributed by atoms with Gasteiger partial charge in [-0.25, -0.2) is 0 Å². The van der Waals surface area contributed by atoms with Crippen molar-refractivity contribution in [2.24, 2.45) is 0 Å². The highest BCUT2D eigenvalue weighted by atomic mass is 16.3. The first kappa shape index (κ1) is 19.8. The molecule has 28 heavy (non-hydrogen) atoms. The average Bonchev–Trinajstić information content (AvgIpc) is 2.71. The molecule has 0 heterocycles. The molecule has 0 fully saturated rings. The summed E-state index contributed by atoms with van der Waals surface area (Å²) in [6.07, 6.45) is 0. The molecule has 0 aliphatic rings. The molecule has 0 amide bonds. The maximum atomic E-state index is 9.98. The van der Waals surface area contributed by atoms with Gasteiger partial charge in [-0.3, -0.25) is 0 Å². The third kappa shape index (κ3) is 5.27. The lowest BCUT2D eigenvalue weighted by molar-refractivity contribution is 0.290. The Hall–Kier alpha value is -2.98. The molecule has 3 aromatic carbocycles. The predicted molar refractivity (Wildman–Crippen MR) is 119 cm³/mol. The molecule has 4 nitrogen and oxygen atoms in total. The Morgan fingerprint density at radius 3 is 1.54 bits per heavy atom. The molecular formula is C24H29N3O. The fraction of sp³-hybridized carbons (Fsp3) is 0.250. The summed E-state index contributed by atoms with van der Waals surface area (Å²) >= 11 is 0. The molecule has 0 unspecified atom stereocenters. The van der Waals surface area contributed by atoms with E-state index in [1.54, 1.807) is 0 Å². The van der Waals surface area contributed by atoms with Gasteiger partial charge in [-0.05, 0) is 57.2 Å². The van der Waals surface area contributed by atoms with Crippen LogP contribution in [0.4, 0.5) is 17.1 Å². The number of rotatable bonds is 8. The summed E-state index contributed by atoms with van der Waals surface area (Å²) in [7, 11) is 0. The van der Waals surface area contributed by atoms with Crippen LogP contribution in [-0.4, -0.2) is 25.2 Å². The van der Waals surface area contributed by atoms with Crippen LogP contribution in [0.1, 0.15) is 16.7 Å². The molecule has 0 bridgehead atoms. The molecule has 4 heteroatoms. The molecule has 0 aliphatic heterocycles. The lowest BCUT2D eigenvalue weighted by atomic mass is 10.2. The van der Waals surface area contributed by atoms with Gasteiger partial charge in [-0.1, -0.05) is 53.1 Å². The van der Waals surface area contributed by atoms with Gasteiger partial charge in [0.25, 0.3) is 0 Å². The number of benzene rings is 3. The number of hydrogen-bond acceptors (Lipinski definition) is 4. The topological polar surface area (TPSA) is 38.7 Å². The number of aryl methyl sites for hydroxylation is 3. The summed E-state index contributed by atoms with van der Waals surface area (Å²) in [5.41, 5.74) is 6.86. The van der Waals surface area contributed by atoms with E-state index in [-0.39, 0.29) is 6.73 Å². The van der Waals surface area contributed by atoms with Crippen molar-refractivity contribution in [2.75, 3.05) is 35.2 Å². The van der Waals surface area contributed by atoms with Gasteiger partial charge in [0, 0.05) is 17.1 Å². The van der Waals surface area contributed by atoms with Crippen molar-refractivity contribution < 1.29 is 5.11 Å². The predicted octanol–water partition coefficient (Wildman–Crippen LogP) is 4.90. The van der Waals surface area contributed by atoms with Gasteiger partial charge in [0.05, 0.1) is 13.3 Å². The fourth-order valence-corrected chi connectivity index (χ4v) is 3.01. The molecule has 0 radical (unpaired) electrons. The largest absolute Gasteiger partial charge is 0.376 e. The number of aliphatic hydroxyl groups excluding tert-OH is 1.